The summed E-state index contributed by atoms with van der Waals surface area (Å²) >= 11 is 0. The molecule has 1 aromatic rings. The molecule has 5 atom stereocenters. The molecule has 0 spiro atoms. The van der Waals surface area contributed by atoms with Gasteiger partial charge in [0.25, 0.3) is 0 Å². The van der Waals surface area contributed by atoms with Crippen LogP contribution in [-0.4, -0.2) is 41.8 Å². The molecule has 11 heteroatoms. The normalized spacial score (nSPS) is 33.3. The van der Waals surface area contributed by atoms with E-state index in [0.29, 0.717) is 12.6 Å². The van der Waals surface area contributed by atoms with Crippen LogP contribution in [0.25, 0.3) is 4.85 Å². The summed E-state index contributed by atoms with van der Waals surface area (Å²) in [6, 6.07) is 2.73. The van der Waals surface area contributed by atoms with Crippen LogP contribution in [0.2, 0.25) is 0 Å². The molecule has 3 heterocycles. The van der Waals surface area contributed by atoms with Gasteiger partial charge in [0, 0.05) is 18.7 Å². The van der Waals surface area contributed by atoms with E-state index in [0.717, 1.165) is 17.0 Å². The zero-order chi connectivity index (χ0) is 23.6. The van der Waals surface area contributed by atoms with Gasteiger partial charge in [0.1, 0.15) is 11.7 Å². The number of carbonyl (C=O) groups excluding carboxylic acids is 3. The van der Waals surface area contributed by atoms with Gasteiger partial charge in [0.15, 0.2) is 5.69 Å². The lowest BCUT2D eigenvalue weighted by atomic mass is 9.67. The maximum atomic E-state index is 13.4. The molecule has 2 bridgehead atoms. The number of fused-ring (bicyclic) bond motifs is 5. The van der Waals surface area contributed by atoms with Crippen LogP contribution in [-0.2, 0) is 25.2 Å². The number of alkyl halides is 3. The van der Waals surface area contributed by atoms with E-state index in [-0.39, 0.29) is 12.1 Å². The molecule has 0 aromatic heterocycles. The molecule has 8 nitrogen and oxygen atoms in total. The third-order valence-electron chi connectivity index (χ3n) is 6.50. The van der Waals surface area contributed by atoms with Crippen LogP contribution in [0.15, 0.2) is 18.2 Å². The number of ether oxygens (including phenoxy) is 2. The number of hydrogen-bond acceptors (Lipinski definition) is 5. The second kappa shape index (κ2) is 6.93. The summed E-state index contributed by atoms with van der Waals surface area (Å²) in [5, 5.41) is 2.50. The Morgan fingerprint density at radius 3 is 2.56 bits per heavy atom. The minimum absolute atomic E-state index is 0.166. The van der Waals surface area contributed by atoms with Gasteiger partial charge in [-0.2, -0.15) is 13.2 Å². The van der Waals surface area contributed by atoms with Crippen molar-refractivity contribution >= 4 is 29.3 Å². The van der Waals surface area contributed by atoms with Crippen molar-refractivity contribution in [2.75, 3.05) is 11.4 Å². The number of hydrogen-bond donors (Lipinski definition) is 1. The quantitative estimate of drug-likeness (QED) is 0.562. The highest BCUT2D eigenvalue weighted by atomic mass is 19.4. The van der Waals surface area contributed by atoms with Crippen molar-refractivity contribution in [1.29, 1.82) is 0 Å². The topological polar surface area (TPSA) is 89.3 Å². The third kappa shape index (κ3) is 2.97. The summed E-state index contributed by atoms with van der Waals surface area (Å²) < 4.78 is 51.7. The van der Waals surface area contributed by atoms with E-state index < -0.39 is 64.5 Å². The number of amides is 3. The Balaban J connectivity index is 1.72. The van der Waals surface area contributed by atoms with E-state index in [4.69, 9.17) is 16.0 Å². The fourth-order valence-electron chi connectivity index (χ4n) is 5.21. The van der Waals surface area contributed by atoms with Crippen molar-refractivity contribution in [2.45, 2.75) is 50.7 Å². The zero-order valence-corrected chi connectivity index (χ0v) is 17.4. The number of imide groups is 1. The molecule has 2 unspecified atom stereocenters. The second-order valence-corrected chi connectivity index (χ2v) is 8.51. The number of alkyl carbamates (subject to hydrolysis) is 1. The second-order valence-electron chi connectivity index (χ2n) is 8.51. The van der Waals surface area contributed by atoms with Gasteiger partial charge in [-0.3, -0.25) is 9.59 Å². The number of nitrogens with one attached hydrogen (secondary N) is 1. The van der Waals surface area contributed by atoms with Crippen LogP contribution in [0.5, 0.6) is 0 Å². The molecule has 1 N–H and O–H groups in total. The molecule has 3 amide bonds. The lowest BCUT2D eigenvalue weighted by Gasteiger charge is -2.34. The van der Waals surface area contributed by atoms with Crippen LogP contribution in [0.4, 0.5) is 29.3 Å². The molecule has 3 aliphatic heterocycles. The largest absolute Gasteiger partial charge is 0.443 e. The van der Waals surface area contributed by atoms with E-state index in [1.807, 2.05) is 0 Å². The highest BCUT2D eigenvalue weighted by molar-refractivity contribution is 6.23. The molecule has 3 saturated heterocycles. The Labute approximate surface area is 181 Å². The summed E-state index contributed by atoms with van der Waals surface area (Å²) in [4.78, 5) is 42.1. The predicted molar refractivity (Wildman–Crippen MR) is 104 cm³/mol. The van der Waals surface area contributed by atoms with Gasteiger partial charge >= 0.3 is 12.3 Å². The van der Waals surface area contributed by atoms with Gasteiger partial charge in [-0.15, -0.1) is 0 Å². The Bertz CT molecular complexity index is 1070. The van der Waals surface area contributed by atoms with Crippen molar-refractivity contribution in [2.24, 2.45) is 11.8 Å². The number of benzene rings is 1. The summed E-state index contributed by atoms with van der Waals surface area (Å²) in [6.07, 6.45) is -6.16. The average molecular weight is 451 g/mol. The van der Waals surface area contributed by atoms with Gasteiger partial charge in [-0.1, -0.05) is 6.07 Å². The van der Waals surface area contributed by atoms with Crippen LogP contribution in [0.3, 0.4) is 0 Å². The van der Waals surface area contributed by atoms with Crippen LogP contribution in [0.1, 0.15) is 32.8 Å². The highest BCUT2D eigenvalue weighted by Gasteiger charge is 2.76. The van der Waals surface area contributed by atoms with Crippen molar-refractivity contribution < 1.29 is 37.0 Å². The molecule has 4 rings (SSSR count). The lowest BCUT2D eigenvalue weighted by molar-refractivity contribution is -0.137. The van der Waals surface area contributed by atoms with E-state index in [2.05, 4.69) is 10.2 Å². The monoisotopic (exact) mass is 451 g/mol. The lowest BCUT2D eigenvalue weighted by Crippen LogP contribution is -2.51. The molecular weight excluding hydrogens is 431 g/mol. The number of anilines is 1. The van der Waals surface area contributed by atoms with Crippen LogP contribution < -0.4 is 10.2 Å². The van der Waals surface area contributed by atoms with Crippen molar-refractivity contribution in [3.8, 4) is 0 Å². The standard InChI is InChI=1S/C21H20F3N3O5/c1-5-26-18(30)31-13-9-19(2)14-15(20(13,3)32-19)17(29)27(16(14)28)10-6-7-12(25-4)11(8-10)21(22,23)24/h6-8,13-15H,5,9H2,1-3H3,(H,26,30)/t13-,14+,15-,19?,20?/m0/s1. The minimum Gasteiger partial charge on any atom is -0.443 e. The van der Waals surface area contributed by atoms with Gasteiger partial charge in [0.2, 0.25) is 11.8 Å². The SMILES string of the molecule is [C-]#[N+]c1ccc(N2C(=O)[C@@H]3[C@H](C2=O)C2(C)C[C@H](OC(=O)NCC)C3(C)O2)cc1C(F)(F)F. The first-order valence-corrected chi connectivity index (χ1v) is 9.98. The van der Waals surface area contributed by atoms with Crippen molar-refractivity contribution in [1.82, 2.24) is 5.32 Å². The number of nitrogens with zero attached hydrogens (tertiary/aromatic N) is 2. The molecule has 3 aliphatic rings. The zero-order valence-electron chi connectivity index (χ0n) is 17.4. The molecule has 0 saturated carbocycles. The molecule has 170 valence electrons. The maximum Gasteiger partial charge on any atom is 0.407 e. The fraction of sp³-hybridized carbons (Fsp3) is 0.524. The van der Waals surface area contributed by atoms with Gasteiger partial charge in [0.05, 0.1) is 29.6 Å². The van der Waals surface area contributed by atoms with E-state index in [1.165, 1.54) is 0 Å². The number of halogens is 3. The highest BCUT2D eigenvalue weighted by Crippen LogP contribution is 2.61. The maximum absolute atomic E-state index is 13.4. The van der Waals surface area contributed by atoms with Crippen molar-refractivity contribution in [3.05, 3.63) is 35.2 Å². The molecule has 1 aromatic carbocycles. The van der Waals surface area contributed by atoms with Crippen LogP contribution >= 0.6 is 0 Å². The third-order valence-corrected chi connectivity index (χ3v) is 6.50. The average Bonchev–Trinajstić information content (AvgIpc) is 3.21. The minimum atomic E-state index is -4.83. The Morgan fingerprint density at radius 1 is 1.31 bits per heavy atom. The first kappa shape index (κ1) is 22.1. The first-order chi connectivity index (χ1) is 14.9. The first-order valence-electron chi connectivity index (χ1n) is 9.98. The number of carbonyl (C=O) groups is 3. The fourth-order valence-corrected chi connectivity index (χ4v) is 5.21. The Kier molecular flexibility index (Phi) is 4.78. The molecule has 3 fully saturated rings. The van der Waals surface area contributed by atoms with E-state index in [9.17, 15) is 27.6 Å². The molecule has 0 radical (unpaired) electrons. The Morgan fingerprint density at radius 2 is 1.97 bits per heavy atom. The molecule has 32 heavy (non-hydrogen) atoms. The van der Waals surface area contributed by atoms with E-state index >= 15 is 0 Å². The van der Waals surface area contributed by atoms with Gasteiger partial charge < -0.3 is 14.8 Å². The Hall–Kier alpha value is -3.13. The van der Waals surface area contributed by atoms with Crippen LogP contribution in [0, 0.1) is 18.4 Å². The van der Waals surface area contributed by atoms with Crippen molar-refractivity contribution in [3.63, 3.8) is 0 Å². The summed E-state index contributed by atoms with van der Waals surface area (Å²) in [6.45, 7) is 12.2. The molecule has 0 aliphatic carbocycles. The summed E-state index contributed by atoms with van der Waals surface area (Å²) in [7, 11) is 0. The van der Waals surface area contributed by atoms with Gasteiger partial charge in [-0.25, -0.2) is 14.5 Å². The summed E-state index contributed by atoms with van der Waals surface area (Å²) in [5.41, 5.74) is -4.55. The molecular formula is C21H20F3N3O5. The van der Waals surface area contributed by atoms with Gasteiger partial charge in [-0.05, 0) is 32.9 Å². The predicted octanol–water partition coefficient (Wildman–Crippen LogP) is 3.43. The smallest absolute Gasteiger partial charge is 0.407 e. The summed E-state index contributed by atoms with van der Waals surface area (Å²) in [5.74, 6) is -3.35. The van der Waals surface area contributed by atoms with E-state index in [1.54, 1.807) is 20.8 Å². The number of rotatable bonds is 3.